The smallest absolute Gasteiger partial charge is 0.169 e. The summed E-state index contributed by atoms with van der Waals surface area (Å²) in [4.78, 5) is 12.3. The van der Waals surface area contributed by atoms with Gasteiger partial charge in [0.25, 0.3) is 0 Å². The molecule has 1 spiro atoms. The predicted octanol–water partition coefficient (Wildman–Crippen LogP) is 2.93. The van der Waals surface area contributed by atoms with Crippen LogP contribution in [-0.4, -0.2) is 24.8 Å². The summed E-state index contributed by atoms with van der Waals surface area (Å²) in [6, 6.07) is 0. The molecule has 3 aliphatic rings. The van der Waals surface area contributed by atoms with Crippen LogP contribution in [0.25, 0.3) is 0 Å². The van der Waals surface area contributed by atoms with Crippen LogP contribution in [0.3, 0.4) is 0 Å². The summed E-state index contributed by atoms with van der Waals surface area (Å²) >= 11 is 0. The molecule has 1 heterocycles. The summed E-state index contributed by atoms with van der Waals surface area (Å²) < 4.78 is 11.8. The highest BCUT2D eigenvalue weighted by molar-refractivity contribution is 5.84. The molecule has 0 N–H and O–H groups in total. The lowest BCUT2D eigenvalue weighted by molar-refractivity contribution is -0.236. The Kier molecular flexibility index (Phi) is 2.66. The van der Waals surface area contributed by atoms with Gasteiger partial charge in [-0.15, -0.1) is 0 Å². The Labute approximate surface area is 109 Å². The van der Waals surface area contributed by atoms with E-state index in [1.165, 1.54) is 6.42 Å². The topological polar surface area (TPSA) is 35.5 Å². The minimum Gasteiger partial charge on any atom is -0.348 e. The van der Waals surface area contributed by atoms with Crippen LogP contribution in [0.15, 0.2) is 0 Å². The van der Waals surface area contributed by atoms with Crippen LogP contribution in [-0.2, 0) is 14.3 Å². The molecule has 102 valence electrons. The van der Waals surface area contributed by atoms with E-state index in [1.54, 1.807) is 6.92 Å². The molecule has 3 fully saturated rings. The van der Waals surface area contributed by atoms with E-state index < -0.39 is 5.79 Å². The van der Waals surface area contributed by atoms with Gasteiger partial charge in [0.15, 0.2) is 5.79 Å². The summed E-state index contributed by atoms with van der Waals surface area (Å²) in [6.07, 6.45) is 5.14. The second kappa shape index (κ2) is 3.80. The van der Waals surface area contributed by atoms with E-state index in [0.717, 1.165) is 25.7 Å². The lowest BCUT2D eigenvalue weighted by Gasteiger charge is -2.55. The molecule has 1 saturated heterocycles. The van der Waals surface area contributed by atoms with Gasteiger partial charge in [0, 0.05) is 18.3 Å². The fraction of sp³-hybridized carbons (Fsp3) is 0.933. The van der Waals surface area contributed by atoms with Crippen LogP contribution in [0, 0.1) is 16.7 Å². The third-order valence-electron chi connectivity index (χ3n) is 5.74. The van der Waals surface area contributed by atoms with Crippen molar-refractivity contribution in [1.82, 2.24) is 0 Å². The average Bonchev–Trinajstić information content (AvgIpc) is 2.85. The highest BCUT2D eigenvalue weighted by atomic mass is 16.7. The van der Waals surface area contributed by atoms with E-state index in [-0.39, 0.29) is 10.8 Å². The highest BCUT2D eigenvalue weighted by Crippen LogP contribution is 2.64. The molecule has 2 saturated carbocycles. The average molecular weight is 252 g/mol. The normalized spacial score (nSPS) is 40.9. The first-order valence-corrected chi connectivity index (χ1v) is 7.21. The number of fused-ring (bicyclic) bond motifs is 1. The molecule has 0 amide bonds. The molecule has 0 aromatic rings. The lowest BCUT2D eigenvalue weighted by Crippen LogP contribution is -2.57. The van der Waals surface area contributed by atoms with Gasteiger partial charge in [0.05, 0.1) is 13.2 Å². The van der Waals surface area contributed by atoms with Crippen molar-refractivity contribution in [1.29, 1.82) is 0 Å². The maximum absolute atomic E-state index is 12.3. The molecule has 3 heteroatoms. The van der Waals surface area contributed by atoms with Crippen molar-refractivity contribution in [2.45, 2.75) is 58.7 Å². The monoisotopic (exact) mass is 252 g/mol. The van der Waals surface area contributed by atoms with Gasteiger partial charge >= 0.3 is 0 Å². The zero-order chi connectivity index (χ0) is 13.0. The van der Waals surface area contributed by atoms with Crippen molar-refractivity contribution in [3.63, 3.8) is 0 Å². The summed E-state index contributed by atoms with van der Waals surface area (Å²) in [5.74, 6) is 0.428. The summed E-state index contributed by atoms with van der Waals surface area (Å²) in [6.45, 7) is 7.66. The third-order valence-corrected chi connectivity index (χ3v) is 5.74. The molecule has 3 rings (SSSR count). The minimum absolute atomic E-state index is 0.0252. The van der Waals surface area contributed by atoms with Crippen LogP contribution < -0.4 is 0 Å². The Morgan fingerprint density at radius 1 is 1.22 bits per heavy atom. The van der Waals surface area contributed by atoms with Crippen molar-refractivity contribution >= 4 is 5.78 Å². The number of Topliss-reactive ketones (excluding diaryl/α,β-unsaturated/α-hetero) is 1. The second-order valence-electron chi connectivity index (χ2n) is 6.99. The fourth-order valence-electron chi connectivity index (χ4n) is 5.18. The van der Waals surface area contributed by atoms with E-state index in [4.69, 9.17) is 9.47 Å². The molecule has 0 bridgehead atoms. The fourth-order valence-corrected chi connectivity index (χ4v) is 5.18. The Morgan fingerprint density at radius 2 is 1.89 bits per heavy atom. The van der Waals surface area contributed by atoms with Crippen LogP contribution in [0.4, 0.5) is 0 Å². The molecule has 0 aromatic carbocycles. The number of carbonyl (C=O) groups excluding carboxylic acids is 1. The standard InChI is InChI=1S/C15H24O3/c1-11(16)15-6-4-5-12(15)9-14(10-13(15,2)3)17-7-8-18-14/h12H,4-10H2,1-3H3/t12-,15+/m0/s1. The van der Waals surface area contributed by atoms with Gasteiger partial charge in [-0.25, -0.2) is 0 Å². The molecule has 2 aliphatic carbocycles. The Balaban J connectivity index is 1.99. The zero-order valence-electron chi connectivity index (χ0n) is 11.8. The van der Waals surface area contributed by atoms with Gasteiger partial charge in [-0.05, 0) is 31.1 Å². The predicted molar refractivity (Wildman–Crippen MR) is 68.1 cm³/mol. The molecule has 0 aromatic heterocycles. The van der Waals surface area contributed by atoms with Crippen molar-refractivity contribution in [2.24, 2.45) is 16.7 Å². The van der Waals surface area contributed by atoms with Crippen molar-refractivity contribution in [3.8, 4) is 0 Å². The second-order valence-corrected chi connectivity index (χ2v) is 6.99. The Hall–Kier alpha value is -0.410. The molecule has 0 radical (unpaired) electrons. The Bertz CT molecular complexity index is 368. The van der Waals surface area contributed by atoms with Gasteiger partial charge in [0.2, 0.25) is 0 Å². The van der Waals surface area contributed by atoms with Crippen LogP contribution in [0.2, 0.25) is 0 Å². The van der Waals surface area contributed by atoms with E-state index in [1.807, 2.05) is 0 Å². The maximum Gasteiger partial charge on any atom is 0.169 e. The minimum atomic E-state index is -0.391. The van der Waals surface area contributed by atoms with Gasteiger partial charge in [-0.3, -0.25) is 4.79 Å². The number of rotatable bonds is 1. The molecule has 1 aliphatic heterocycles. The van der Waals surface area contributed by atoms with Gasteiger partial charge in [-0.2, -0.15) is 0 Å². The number of hydrogen-bond acceptors (Lipinski definition) is 3. The number of carbonyl (C=O) groups is 1. The molecule has 0 unspecified atom stereocenters. The summed E-state index contributed by atoms with van der Waals surface area (Å²) in [5.41, 5.74) is -0.157. The van der Waals surface area contributed by atoms with Crippen molar-refractivity contribution in [3.05, 3.63) is 0 Å². The van der Waals surface area contributed by atoms with E-state index in [2.05, 4.69) is 13.8 Å². The Morgan fingerprint density at radius 3 is 2.50 bits per heavy atom. The first-order chi connectivity index (χ1) is 8.42. The highest BCUT2D eigenvalue weighted by Gasteiger charge is 2.64. The zero-order valence-corrected chi connectivity index (χ0v) is 11.8. The molecule has 18 heavy (non-hydrogen) atoms. The van der Waals surface area contributed by atoms with E-state index >= 15 is 0 Å². The molecular formula is C15H24O3. The summed E-state index contributed by atoms with van der Waals surface area (Å²) in [7, 11) is 0. The molecular weight excluding hydrogens is 228 g/mol. The summed E-state index contributed by atoms with van der Waals surface area (Å²) in [5, 5.41) is 0. The van der Waals surface area contributed by atoms with Crippen LogP contribution >= 0.6 is 0 Å². The van der Waals surface area contributed by atoms with Crippen molar-refractivity contribution < 1.29 is 14.3 Å². The van der Waals surface area contributed by atoms with E-state index in [9.17, 15) is 4.79 Å². The molecule has 2 atom stereocenters. The number of ether oxygens (including phenoxy) is 2. The number of hydrogen-bond donors (Lipinski definition) is 0. The SMILES string of the molecule is CC(=O)[C@]12CCC[C@H]1CC1(CC2(C)C)OCCO1. The number of ketones is 1. The largest absolute Gasteiger partial charge is 0.348 e. The molecule has 3 nitrogen and oxygen atoms in total. The van der Waals surface area contributed by atoms with Crippen LogP contribution in [0.1, 0.15) is 52.9 Å². The van der Waals surface area contributed by atoms with E-state index in [0.29, 0.717) is 24.9 Å². The van der Waals surface area contributed by atoms with Gasteiger partial charge in [-0.1, -0.05) is 20.3 Å². The van der Waals surface area contributed by atoms with Crippen molar-refractivity contribution in [2.75, 3.05) is 13.2 Å². The van der Waals surface area contributed by atoms with Gasteiger partial charge < -0.3 is 9.47 Å². The lowest BCUT2D eigenvalue weighted by atomic mass is 9.51. The first-order valence-electron chi connectivity index (χ1n) is 7.21. The first kappa shape index (κ1) is 12.6. The quantitative estimate of drug-likeness (QED) is 0.720. The third kappa shape index (κ3) is 1.47. The maximum atomic E-state index is 12.3. The van der Waals surface area contributed by atoms with Crippen LogP contribution in [0.5, 0.6) is 0 Å². The van der Waals surface area contributed by atoms with Gasteiger partial charge in [0.1, 0.15) is 5.78 Å².